The molecule has 0 aliphatic heterocycles. The highest BCUT2D eigenvalue weighted by Gasteiger charge is 2.13. The Morgan fingerprint density at radius 1 is 1.28 bits per heavy atom. The van der Waals surface area contributed by atoms with Crippen molar-refractivity contribution in [3.63, 3.8) is 0 Å². The molecule has 0 spiro atoms. The highest BCUT2D eigenvalue weighted by atomic mass is 16.5. The van der Waals surface area contributed by atoms with Gasteiger partial charge in [-0.25, -0.2) is 0 Å². The monoisotopic (exact) mass is 253 g/mol. The summed E-state index contributed by atoms with van der Waals surface area (Å²) >= 11 is 0. The van der Waals surface area contributed by atoms with Gasteiger partial charge in [0.15, 0.2) is 0 Å². The third kappa shape index (κ3) is 5.34. The van der Waals surface area contributed by atoms with E-state index in [9.17, 15) is 9.59 Å². The molecule has 0 heterocycles. The maximum atomic E-state index is 11.8. The molecule has 1 N–H and O–H groups in total. The van der Waals surface area contributed by atoms with Crippen molar-refractivity contribution in [2.75, 3.05) is 13.7 Å². The molecular formula is C14H23NO3. The van der Waals surface area contributed by atoms with Crippen LogP contribution < -0.4 is 5.32 Å². The van der Waals surface area contributed by atoms with Crippen molar-refractivity contribution in [2.45, 2.75) is 45.4 Å². The Hall–Kier alpha value is -1.32. The van der Waals surface area contributed by atoms with Crippen LogP contribution in [0.2, 0.25) is 0 Å². The maximum absolute atomic E-state index is 11.8. The average molecular weight is 253 g/mol. The Labute approximate surface area is 109 Å². The lowest BCUT2D eigenvalue weighted by Gasteiger charge is -2.18. The predicted molar refractivity (Wildman–Crippen MR) is 70.0 cm³/mol. The molecule has 18 heavy (non-hydrogen) atoms. The molecule has 0 aromatic heterocycles. The van der Waals surface area contributed by atoms with Crippen molar-refractivity contribution >= 4 is 11.9 Å². The summed E-state index contributed by atoms with van der Waals surface area (Å²) in [4.78, 5) is 22.6. The van der Waals surface area contributed by atoms with Crippen LogP contribution in [0.25, 0.3) is 0 Å². The van der Waals surface area contributed by atoms with Crippen LogP contribution in [0.4, 0.5) is 0 Å². The van der Waals surface area contributed by atoms with Crippen LogP contribution in [-0.2, 0) is 14.3 Å². The summed E-state index contributed by atoms with van der Waals surface area (Å²) in [7, 11) is 1.35. The van der Waals surface area contributed by atoms with Gasteiger partial charge >= 0.3 is 5.97 Å². The standard InChI is InChI=1S/C14H23NO3/c1-11(10-12-6-4-3-5-7-12)14(17)15-9-8-13(16)18-2/h10,12H,3-9H2,1-2H3,(H,15,17). The SMILES string of the molecule is COC(=O)CCNC(=O)C(C)=CC1CCCCC1. The van der Waals surface area contributed by atoms with Crippen LogP contribution in [0.5, 0.6) is 0 Å². The lowest BCUT2D eigenvalue weighted by Crippen LogP contribution is -2.27. The molecule has 0 radical (unpaired) electrons. The first-order valence-electron chi connectivity index (χ1n) is 6.67. The molecule has 1 aliphatic rings. The minimum absolute atomic E-state index is 0.0792. The third-order valence-electron chi connectivity index (χ3n) is 3.34. The van der Waals surface area contributed by atoms with Gasteiger partial charge in [-0.15, -0.1) is 0 Å². The summed E-state index contributed by atoms with van der Waals surface area (Å²) in [5.74, 6) is 0.166. The zero-order valence-corrected chi connectivity index (χ0v) is 11.3. The second kappa shape index (κ2) is 7.90. The highest BCUT2D eigenvalue weighted by molar-refractivity contribution is 5.92. The number of rotatable bonds is 5. The van der Waals surface area contributed by atoms with Gasteiger partial charge in [0.25, 0.3) is 0 Å². The van der Waals surface area contributed by atoms with Crippen LogP contribution in [0.1, 0.15) is 45.4 Å². The molecule has 0 bridgehead atoms. The van der Waals surface area contributed by atoms with Crippen molar-refractivity contribution in [3.05, 3.63) is 11.6 Å². The lowest BCUT2D eigenvalue weighted by atomic mass is 9.88. The molecule has 0 aromatic rings. The van der Waals surface area contributed by atoms with Gasteiger partial charge in [-0.1, -0.05) is 25.3 Å². The van der Waals surface area contributed by atoms with E-state index in [4.69, 9.17) is 0 Å². The molecular weight excluding hydrogens is 230 g/mol. The lowest BCUT2D eigenvalue weighted by molar-refractivity contribution is -0.140. The molecule has 0 aromatic carbocycles. The van der Waals surface area contributed by atoms with E-state index in [0.29, 0.717) is 12.5 Å². The van der Waals surface area contributed by atoms with Gasteiger partial charge in [-0.2, -0.15) is 0 Å². The second-order valence-corrected chi connectivity index (χ2v) is 4.83. The summed E-state index contributed by atoms with van der Waals surface area (Å²) in [6.07, 6.45) is 8.51. The van der Waals surface area contributed by atoms with Crippen molar-refractivity contribution in [1.29, 1.82) is 0 Å². The topological polar surface area (TPSA) is 55.4 Å². The summed E-state index contributed by atoms with van der Waals surface area (Å²) in [6, 6.07) is 0. The average Bonchev–Trinajstić information content (AvgIpc) is 2.39. The Bertz CT molecular complexity index is 317. The van der Waals surface area contributed by atoms with Crippen LogP contribution >= 0.6 is 0 Å². The number of methoxy groups -OCH3 is 1. The van der Waals surface area contributed by atoms with Crippen LogP contribution in [0, 0.1) is 5.92 Å². The van der Waals surface area contributed by atoms with E-state index in [0.717, 1.165) is 5.57 Å². The minimum Gasteiger partial charge on any atom is -0.469 e. The first kappa shape index (κ1) is 14.7. The van der Waals surface area contributed by atoms with Crippen molar-refractivity contribution in [2.24, 2.45) is 5.92 Å². The highest BCUT2D eigenvalue weighted by Crippen LogP contribution is 2.25. The molecule has 102 valence electrons. The summed E-state index contributed by atoms with van der Waals surface area (Å²) in [5, 5.41) is 2.73. The van der Waals surface area contributed by atoms with E-state index in [2.05, 4.69) is 16.1 Å². The zero-order chi connectivity index (χ0) is 13.4. The Balaban J connectivity index is 2.31. The molecule has 1 fully saturated rings. The van der Waals surface area contributed by atoms with Gasteiger partial charge in [0.05, 0.1) is 13.5 Å². The van der Waals surface area contributed by atoms with Crippen LogP contribution in [0.15, 0.2) is 11.6 Å². The maximum Gasteiger partial charge on any atom is 0.307 e. The quantitative estimate of drug-likeness (QED) is 0.603. The molecule has 4 heteroatoms. The van der Waals surface area contributed by atoms with E-state index >= 15 is 0 Å². The number of ether oxygens (including phenoxy) is 1. The molecule has 1 amide bonds. The number of carbonyl (C=O) groups is 2. The largest absolute Gasteiger partial charge is 0.469 e. The molecule has 1 rings (SSSR count). The summed E-state index contributed by atoms with van der Waals surface area (Å²) in [6.45, 7) is 2.17. The van der Waals surface area contributed by atoms with Crippen molar-refractivity contribution in [1.82, 2.24) is 5.32 Å². The normalized spacial score (nSPS) is 17.3. The van der Waals surface area contributed by atoms with E-state index in [1.54, 1.807) is 0 Å². The zero-order valence-electron chi connectivity index (χ0n) is 11.3. The summed E-state index contributed by atoms with van der Waals surface area (Å²) < 4.78 is 4.51. The molecule has 0 atom stereocenters. The Morgan fingerprint density at radius 2 is 1.94 bits per heavy atom. The molecule has 0 unspecified atom stereocenters. The number of esters is 1. The van der Waals surface area contributed by atoms with Crippen molar-refractivity contribution < 1.29 is 14.3 Å². The third-order valence-corrected chi connectivity index (χ3v) is 3.34. The van der Waals surface area contributed by atoms with Gasteiger partial charge in [0.1, 0.15) is 0 Å². The number of nitrogens with one attached hydrogen (secondary N) is 1. The smallest absolute Gasteiger partial charge is 0.307 e. The van der Waals surface area contributed by atoms with Gasteiger partial charge in [0.2, 0.25) is 5.91 Å². The van der Waals surface area contributed by atoms with Crippen LogP contribution in [-0.4, -0.2) is 25.5 Å². The number of amides is 1. The predicted octanol–water partition coefficient (Wildman–Crippen LogP) is 2.19. The van der Waals surface area contributed by atoms with Crippen molar-refractivity contribution in [3.8, 4) is 0 Å². The van der Waals surface area contributed by atoms with E-state index in [1.165, 1.54) is 39.2 Å². The second-order valence-electron chi connectivity index (χ2n) is 4.83. The molecule has 0 saturated heterocycles. The molecule has 1 saturated carbocycles. The number of allylic oxidation sites excluding steroid dienone is 1. The molecule has 1 aliphatic carbocycles. The van der Waals surface area contributed by atoms with Gasteiger partial charge in [0, 0.05) is 12.1 Å². The first-order chi connectivity index (χ1) is 8.63. The Morgan fingerprint density at radius 3 is 2.56 bits per heavy atom. The summed E-state index contributed by atoms with van der Waals surface area (Å²) in [5.41, 5.74) is 0.756. The van der Waals surface area contributed by atoms with Gasteiger partial charge in [-0.05, 0) is 25.7 Å². The fourth-order valence-electron chi connectivity index (χ4n) is 2.25. The first-order valence-corrected chi connectivity index (χ1v) is 6.67. The minimum atomic E-state index is -0.302. The number of carbonyl (C=O) groups excluding carboxylic acids is 2. The fraction of sp³-hybridized carbons (Fsp3) is 0.714. The Kier molecular flexibility index (Phi) is 6.47. The van der Waals surface area contributed by atoms with Gasteiger partial charge in [-0.3, -0.25) is 9.59 Å². The molecule has 4 nitrogen and oxygen atoms in total. The van der Waals surface area contributed by atoms with Gasteiger partial charge < -0.3 is 10.1 Å². The number of hydrogen-bond acceptors (Lipinski definition) is 3. The van der Waals surface area contributed by atoms with Crippen LogP contribution in [0.3, 0.4) is 0 Å². The number of hydrogen-bond donors (Lipinski definition) is 1. The van der Waals surface area contributed by atoms with E-state index < -0.39 is 0 Å². The van der Waals surface area contributed by atoms with E-state index in [-0.39, 0.29) is 18.3 Å². The fourth-order valence-corrected chi connectivity index (χ4v) is 2.25. The van der Waals surface area contributed by atoms with E-state index in [1.807, 2.05) is 6.92 Å².